The zero-order chi connectivity index (χ0) is 22.3. The Kier molecular flexibility index (Phi) is 6.08. The molecule has 3 rings (SSSR count). The number of aromatic nitrogens is 1. The number of pyridine rings is 1. The number of ether oxygens (including phenoxy) is 1. The molecule has 1 fully saturated rings. The van der Waals surface area contributed by atoms with Gasteiger partial charge in [0.15, 0.2) is 0 Å². The topological polar surface area (TPSA) is 130 Å². The Balaban J connectivity index is 1.98. The van der Waals surface area contributed by atoms with Crippen molar-refractivity contribution in [3.05, 3.63) is 30.6 Å². The molecule has 162 valence electrons. The van der Waals surface area contributed by atoms with E-state index in [1.54, 1.807) is 26.8 Å². The summed E-state index contributed by atoms with van der Waals surface area (Å²) in [5.41, 5.74) is 5.33. The number of nitrogens with one attached hydrogen (secondary N) is 1. The number of rotatable bonds is 4. The van der Waals surface area contributed by atoms with Crippen molar-refractivity contribution >= 4 is 54.6 Å². The zero-order valence-corrected chi connectivity index (χ0v) is 19.3. The number of carbonyl (C=O) groups excluding carboxylic acids is 1. The van der Waals surface area contributed by atoms with Gasteiger partial charge in [-0.15, -0.1) is 0 Å². The molecule has 0 unspecified atom stereocenters. The third kappa shape index (κ3) is 4.42. The Labute approximate surface area is 184 Å². The van der Waals surface area contributed by atoms with Crippen molar-refractivity contribution in [2.24, 2.45) is 5.73 Å². The van der Waals surface area contributed by atoms with E-state index in [4.69, 9.17) is 15.9 Å². The Hall–Kier alpha value is -2.24. The lowest BCUT2D eigenvalue weighted by Gasteiger charge is -2.27. The molecule has 1 aliphatic heterocycles. The summed E-state index contributed by atoms with van der Waals surface area (Å²) in [5.74, 6) is -0.775. The second-order valence-electron chi connectivity index (χ2n) is 8.01. The molecule has 0 saturated carbocycles. The van der Waals surface area contributed by atoms with Crippen LogP contribution >= 0.6 is 16.1 Å². The molecule has 1 aromatic carbocycles. The normalized spacial score (nSPS) is 17.8. The number of benzene rings is 1. The first kappa shape index (κ1) is 22.4. The third-order valence-electron chi connectivity index (χ3n) is 4.62. The predicted molar refractivity (Wildman–Crippen MR) is 118 cm³/mol. The van der Waals surface area contributed by atoms with E-state index in [1.807, 2.05) is 0 Å². The highest BCUT2D eigenvalue weighted by Crippen LogP contribution is 2.32. The number of guanidine groups is 1. The Morgan fingerprint density at radius 1 is 1.37 bits per heavy atom. The highest BCUT2D eigenvalue weighted by molar-refractivity contribution is 9.10. The van der Waals surface area contributed by atoms with Gasteiger partial charge in [-0.05, 0) is 45.7 Å². The van der Waals surface area contributed by atoms with Crippen LogP contribution in [-0.2, 0) is 19.6 Å². The molecule has 0 radical (unpaired) electrons. The van der Waals surface area contributed by atoms with Gasteiger partial charge in [0.1, 0.15) is 11.6 Å². The van der Waals surface area contributed by atoms with Gasteiger partial charge in [-0.25, -0.2) is 12.3 Å². The molecule has 30 heavy (non-hydrogen) atoms. The maximum atomic E-state index is 13.3. The van der Waals surface area contributed by atoms with E-state index in [9.17, 15) is 13.2 Å². The number of hydrogen-bond donors (Lipinski definition) is 2. The summed E-state index contributed by atoms with van der Waals surface area (Å²) in [5, 5.41) is 8.80. The van der Waals surface area contributed by atoms with Crippen molar-refractivity contribution in [2.75, 3.05) is 10.5 Å². The lowest BCUT2D eigenvalue weighted by Crippen LogP contribution is -2.43. The summed E-state index contributed by atoms with van der Waals surface area (Å²) in [6.07, 6.45) is 4.06. The van der Waals surface area contributed by atoms with E-state index in [0.29, 0.717) is 29.3 Å². The molecule has 0 bridgehead atoms. The molecule has 1 atom stereocenters. The fourth-order valence-electron chi connectivity index (χ4n) is 3.35. The smallest absolute Gasteiger partial charge is 0.324 e. The highest BCUT2D eigenvalue weighted by atomic mass is 79.9. The van der Waals surface area contributed by atoms with Gasteiger partial charge in [-0.2, -0.15) is 4.31 Å². The second kappa shape index (κ2) is 8.12. The number of fused-ring (bicyclic) bond motifs is 1. The molecule has 0 spiro atoms. The van der Waals surface area contributed by atoms with Crippen LogP contribution < -0.4 is 9.66 Å². The first-order chi connectivity index (χ1) is 13.9. The molecule has 1 saturated heterocycles. The average Bonchev–Trinajstić information content (AvgIpc) is 3.16. The molecule has 9 nitrogen and oxygen atoms in total. The monoisotopic (exact) mass is 497 g/mol. The van der Waals surface area contributed by atoms with Crippen LogP contribution in [0.25, 0.3) is 10.8 Å². The molecule has 0 amide bonds. The van der Waals surface area contributed by atoms with Crippen molar-refractivity contribution in [1.29, 1.82) is 5.41 Å². The van der Waals surface area contributed by atoms with Crippen molar-refractivity contribution in [1.82, 2.24) is 9.29 Å². The van der Waals surface area contributed by atoms with E-state index in [0.717, 1.165) is 0 Å². The van der Waals surface area contributed by atoms with Gasteiger partial charge in [-0.3, -0.25) is 15.2 Å². The predicted octanol–water partition coefficient (Wildman–Crippen LogP) is 2.74. The van der Waals surface area contributed by atoms with E-state index in [-0.39, 0.29) is 17.4 Å². The molecule has 11 heteroatoms. The van der Waals surface area contributed by atoms with E-state index < -0.39 is 27.6 Å². The lowest BCUT2D eigenvalue weighted by molar-refractivity contribution is -0.158. The molecule has 1 aromatic heterocycles. The van der Waals surface area contributed by atoms with Crippen LogP contribution in [0.1, 0.15) is 33.6 Å². The van der Waals surface area contributed by atoms with Gasteiger partial charge in [0, 0.05) is 23.5 Å². The molecule has 2 heterocycles. The van der Waals surface area contributed by atoms with E-state index in [1.165, 1.54) is 32.8 Å². The maximum absolute atomic E-state index is 13.3. The first-order valence-electron chi connectivity index (χ1n) is 9.34. The summed E-state index contributed by atoms with van der Waals surface area (Å²) in [6.45, 7) is 5.50. The molecular formula is C19H24BrN5O4S. The number of sulfonamides is 1. The second-order valence-corrected chi connectivity index (χ2v) is 10.6. The Morgan fingerprint density at radius 3 is 2.70 bits per heavy atom. The van der Waals surface area contributed by atoms with Crippen molar-refractivity contribution in [3.63, 3.8) is 0 Å². The summed E-state index contributed by atoms with van der Waals surface area (Å²) in [7, 11) is -3.92. The number of carbonyl (C=O) groups is 1. The number of nitrogens with two attached hydrogens (primary N) is 1. The van der Waals surface area contributed by atoms with Crippen LogP contribution in [0.2, 0.25) is 0 Å². The standard InChI is InChI=1S/C19H24BrN5O4S/c1-19(2,3)29-17(26)15-5-4-8-24(15)30(27,28)13-6-7-14-12(9-13)10-23-11-16(14)25(20)18(21)22/h6-7,9-11,15H,4-5,8H2,1-3H3,(H3,21,22)/t15-/m1/s1. The summed E-state index contributed by atoms with van der Waals surface area (Å²) < 4.78 is 34.5. The van der Waals surface area contributed by atoms with Crippen molar-refractivity contribution in [2.45, 2.75) is 50.2 Å². The molecule has 3 N–H and O–H groups in total. The number of hydrogen-bond acceptors (Lipinski definition) is 6. The van der Waals surface area contributed by atoms with Gasteiger partial charge < -0.3 is 10.5 Å². The van der Waals surface area contributed by atoms with Crippen LogP contribution in [0.15, 0.2) is 35.5 Å². The van der Waals surface area contributed by atoms with Crippen LogP contribution in [0.3, 0.4) is 0 Å². The minimum Gasteiger partial charge on any atom is -0.459 e. The van der Waals surface area contributed by atoms with Crippen molar-refractivity contribution in [3.8, 4) is 0 Å². The minimum atomic E-state index is -3.92. The molecule has 2 aromatic rings. The number of esters is 1. The Morgan fingerprint density at radius 2 is 2.07 bits per heavy atom. The van der Waals surface area contributed by atoms with Gasteiger partial charge in [0.2, 0.25) is 16.0 Å². The van der Waals surface area contributed by atoms with Crippen LogP contribution in [0.4, 0.5) is 5.69 Å². The van der Waals surface area contributed by atoms with Gasteiger partial charge in [0.05, 0.1) is 32.9 Å². The van der Waals surface area contributed by atoms with Gasteiger partial charge in [-0.1, -0.05) is 6.07 Å². The fourth-order valence-corrected chi connectivity index (χ4v) is 5.32. The van der Waals surface area contributed by atoms with Gasteiger partial charge in [0.25, 0.3) is 0 Å². The number of anilines is 1. The number of nitrogens with zero attached hydrogens (tertiary/aromatic N) is 3. The largest absolute Gasteiger partial charge is 0.459 e. The SMILES string of the molecule is CC(C)(C)OC(=O)[C@H]1CCCN1S(=O)(=O)c1ccc2c(N(Br)C(=N)N)cncc2c1. The zero-order valence-electron chi connectivity index (χ0n) is 16.9. The molecule has 0 aliphatic carbocycles. The highest BCUT2D eigenvalue weighted by Gasteiger charge is 2.41. The maximum Gasteiger partial charge on any atom is 0.324 e. The van der Waals surface area contributed by atoms with Gasteiger partial charge >= 0.3 is 5.97 Å². The first-order valence-corrected chi connectivity index (χ1v) is 11.5. The molecular weight excluding hydrogens is 474 g/mol. The van der Waals surface area contributed by atoms with E-state index in [2.05, 4.69) is 21.1 Å². The van der Waals surface area contributed by atoms with Crippen LogP contribution in [-0.4, -0.2) is 47.8 Å². The lowest BCUT2D eigenvalue weighted by atomic mass is 10.1. The summed E-state index contributed by atoms with van der Waals surface area (Å²) >= 11 is 3.20. The molecule has 1 aliphatic rings. The summed E-state index contributed by atoms with van der Waals surface area (Å²) in [4.78, 5) is 16.7. The minimum absolute atomic E-state index is 0.0633. The quantitative estimate of drug-likeness (QED) is 0.287. The Bertz CT molecular complexity index is 1100. The van der Waals surface area contributed by atoms with E-state index >= 15 is 0 Å². The number of halogens is 1. The average molecular weight is 498 g/mol. The van der Waals surface area contributed by atoms with Crippen LogP contribution in [0.5, 0.6) is 0 Å². The summed E-state index contributed by atoms with van der Waals surface area (Å²) in [6, 6.07) is 3.78. The fraction of sp³-hybridized carbons (Fsp3) is 0.421. The van der Waals surface area contributed by atoms with Crippen molar-refractivity contribution < 1.29 is 17.9 Å². The van der Waals surface area contributed by atoms with Crippen LogP contribution in [0, 0.1) is 5.41 Å². The third-order valence-corrected chi connectivity index (χ3v) is 7.29.